The van der Waals surface area contributed by atoms with Gasteiger partial charge < -0.3 is 4.74 Å². The summed E-state index contributed by atoms with van der Waals surface area (Å²) in [4.78, 5) is 0. The van der Waals surface area contributed by atoms with Crippen molar-refractivity contribution in [2.45, 2.75) is 106 Å². The van der Waals surface area contributed by atoms with Crippen molar-refractivity contribution < 1.29 is 4.74 Å². The molecule has 0 saturated heterocycles. The summed E-state index contributed by atoms with van der Waals surface area (Å²) in [5, 5.41) is 3.18. The Balaban J connectivity index is 2.01. The van der Waals surface area contributed by atoms with E-state index in [1.54, 1.807) is 0 Å². The Kier molecular flexibility index (Phi) is 11.8. The van der Waals surface area contributed by atoms with Gasteiger partial charge in [-0.2, -0.15) is 0 Å². The lowest BCUT2D eigenvalue weighted by molar-refractivity contribution is -0.0713. The zero-order chi connectivity index (χ0) is 28.7. The van der Waals surface area contributed by atoms with Gasteiger partial charge >= 0.3 is 0 Å². The van der Waals surface area contributed by atoms with E-state index in [2.05, 4.69) is 108 Å². The van der Waals surface area contributed by atoms with Crippen LogP contribution in [0, 0.1) is 30.1 Å². The molecule has 3 heteroatoms. The number of fused-ring (bicyclic) bond motifs is 1. The largest absolute Gasteiger partial charge is 0.490 e. The van der Waals surface area contributed by atoms with Gasteiger partial charge in [-0.1, -0.05) is 116 Å². The van der Waals surface area contributed by atoms with Crippen LogP contribution in [0.4, 0.5) is 0 Å². The lowest BCUT2D eigenvalue weighted by Gasteiger charge is -2.50. The number of halogens is 2. The molecule has 3 rings (SSSR count). The molecule has 0 aliphatic heterocycles. The molecule has 0 N–H and O–H groups in total. The van der Waals surface area contributed by atoms with Gasteiger partial charge in [0.05, 0.1) is 0 Å². The lowest BCUT2D eigenvalue weighted by atomic mass is 9.58. The molecule has 0 bridgehead atoms. The van der Waals surface area contributed by atoms with Crippen molar-refractivity contribution in [1.82, 2.24) is 0 Å². The number of aryl methyl sites for hydroxylation is 1. The second-order valence-electron chi connectivity index (χ2n) is 12.4. The Morgan fingerprint density at radius 3 is 1.97 bits per heavy atom. The van der Waals surface area contributed by atoms with Gasteiger partial charge in [-0.3, -0.25) is 0 Å². The third-order valence-electron chi connectivity index (χ3n) is 9.02. The Bertz CT molecular complexity index is 1170. The summed E-state index contributed by atoms with van der Waals surface area (Å²) in [6.07, 6.45) is 9.11. The molecule has 1 atom stereocenters. The molecule has 0 radical (unpaired) electrons. The van der Waals surface area contributed by atoms with Crippen molar-refractivity contribution in [2.24, 2.45) is 23.2 Å². The van der Waals surface area contributed by atoms with Crippen molar-refractivity contribution in [3.63, 3.8) is 0 Å². The fourth-order valence-electron chi connectivity index (χ4n) is 7.27. The Labute approximate surface area is 252 Å². The highest BCUT2D eigenvalue weighted by Crippen LogP contribution is 2.49. The van der Waals surface area contributed by atoms with Crippen LogP contribution in [0.25, 0.3) is 21.9 Å². The quantitative estimate of drug-likeness (QED) is 0.164. The molecule has 1 unspecified atom stereocenters. The van der Waals surface area contributed by atoms with Gasteiger partial charge in [0.25, 0.3) is 0 Å². The molecule has 0 aromatic heterocycles. The van der Waals surface area contributed by atoms with Crippen molar-refractivity contribution >= 4 is 38.3 Å². The second-order valence-corrected chi connectivity index (χ2v) is 13.6. The van der Waals surface area contributed by atoms with Crippen LogP contribution in [0.15, 0.2) is 53.0 Å². The molecule has 0 fully saturated rings. The highest BCUT2D eigenvalue weighted by Gasteiger charge is 2.47. The van der Waals surface area contributed by atoms with Crippen LogP contribution >= 0.6 is 27.5 Å². The van der Waals surface area contributed by atoms with Crippen LogP contribution in [0.2, 0.25) is 5.02 Å². The van der Waals surface area contributed by atoms with E-state index in [1.165, 1.54) is 60.4 Å². The van der Waals surface area contributed by atoms with Crippen LogP contribution in [0.3, 0.4) is 0 Å². The van der Waals surface area contributed by atoms with Crippen LogP contribution in [0.5, 0.6) is 5.75 Å². The summed E-state index contributed by atoms with van der Waals surface area (Å²) >= 11 is 10.1. The van der Waals surface area contributed by atoms with Crippen molar-refractivity contribution in [3.8, 4) is 16.9 Å². The monoisotopic (exact) mass is 612 g/mol. The Morgan fingerprint density at radius 2 is 1.38 bits per heavy atom. The average Bonchev–Trinajstić information content (AvgIpc) is 2.87. The van der Waals surface area contributed by atoms with E-state index in [1.807, 2.05) is 12.1 Å². The first-order chi connectivity index (χ1) is 18.5. The summed E-state index contributed by atoms with van der Waals surface area (Å²) in [7, 11) is 0. The molecule has 0 aliphatic rings. The first-order valence-corrected chi connectivity index (χ1v) is 16.4. The number of hydrogen-bond acceptors (Lipinski definition) is 1. The predicted molar refractivity (Wildman–Crippen MR) is 176 cm³/mol. The molecule has 214 valence electrons. The fraction of sp³-hybridized carbons (Fsp3) is 0.556. The topological polar surface area (TPSA) is 9.23 Å². The number of rotatable bonds is 14. The third kappa shape index (κ3) is 7.23. The van der Waals surface area contributed by atoms with E-state index >= 15 is 0 Å². The normalized spacial score (nSPS) is 13.2. The maximum atomic E-state index is 7.10. The van der Waals surface area contributed by atoms with Gasteiger partial charge in [-0.25, -0.2) is 0 Å². The van der Waals surface area contributed by atoms with Crippen LogP contribution in [-0.2, 0) is 0 Å². The zero-order valence-corrected chi connectivity index (χ0v) is 27.9. The van der Waals surface area contributed by atoms with Crippen molar-refractivity contribution in [1.29, 1.82) is 0 Å². The van der Waals surface area contributed by atoms with Gasteiger partial charge in [0.1, 0.15) is 11.9 Å². The van der Waals surface area contributed by atoms with Gasteiger partial charge in [0.15, 0.2) is 0 Å². The molecule has 0 heterocycles. The van der Waals surface area contributed by atoms with Crippen molar-refractivity contribution in [2.75, 3.05) is 0 Å². The Hall–Kier alpha value is -1.51. The molecular formula is C36H50BrClO. The van der Waals surface area contributed by atoms with E-state index in [-0.39, 0.29) is 11.5 Å². The average molecular weight is 614 g/mol. The maximum absolute atomic E-state index is 7.10. The first kappa shape index (κ1) is 32.0. The smallest absolute Gasteiger partial charge is 0.120 e. The highest BCUT2D eigenvalue weighted by atomic mass is 79.9. The van der Waals surface area contributed by atoms with Gasteiger partial charge in [0.2, 0.25) is 0 Å². The minimum atomic E-state index is 0.0997. The predicted octanol–water partition coefficient (Wildman–Crippen LogP) is 12.7. The summed E-state index contributed by atoms with van der Waals surface area (Å²) in [6.45, 7) is 18.9. The van der Waals surface area contributed by atoms with E-state index in [0.717, 1.165) is 27.2 Å². The minimum absolute atomic E-state index is 0.0997. The molecule has 0 saturated carbocycles. The third-order valence-corrected chi connectivity index (χ3v) is 10.3. The van der Waals surface area contributed by atoms with E-state index in [9.17, 15) is 0 Å². The molecule has 3 aromatic carbocycles. The van der Waals surface area contributed by atoms with Crippen LogP contribution in [0.1, 0.15) is 99.0 Å². The van der Waals surface area contributed by atoms with Gasteiger partial charge in [-0.05, 0) is 99.6 Å². The summed E-state index contributed by atoms with van der Waals surface area (Å²) in [5.41, 5.74) is 3.68. The molecule has 3 aromatic rings. The van der Waals surface area contributed by atoms with Gasteiger partial charge in [-0.15, -0.1) is 0 Å². The molecular weight excluding hydrogens is 564 g/mol. The number of ether oxygens (including phenoxy) is 1. The second kappa shape index (κ2) is 14.4. The molecule has 1 nitrogen and oxygen atoms in total. The fourth-order valence-corrected chi connectivity index (χ4v) is 7.96. The summed E-state index contributed by atoms with van der Waals surface area (Å²) in [6, 6.07) is 17.1. The number of benzene rings is 3. The number of hydrogen-bond donors (Lipinski definition) is 0. The van der Waals surface area contributed by atoms with Crippen LogP contribution in [-0.4, -0.2) is 6.10 Å². The highest BCUT2D eigenvalue weighted by molar-refractivity contribution is 9.10. The summed E-state index contributed by atoms with van der Waals surface area (Å²) < 4.78 is 8.23. The molecule has 0 amide bonds. The molecule has 0 aliphatic carbocycles. The minimum Gasteiger partial charge on any atom is -0.490 e. The SMILES string of the molecule is CCCCCCCCC(Oc1ccc2c(-c3ccc(Cl)cc3)c(Br)c(C)cc2c1)C(C(C)C)(C(C)C)C(C)C. The zero-order valence-electron chi connectivity index (χ0n) is 25.5. The number of unbranched alkanes of at least 4 members (excludes halogenated alkanes) is 5. The maximum Gasteiger partial charge on any atom is 0.120 e. The van der Waals surface area contributed by atoms with E-state index < -0.39 is 0 Å². The van der Waals surface area contributed by atoms with Crippen molar-refractivity contribution in [3.05, 3.63) is 63.6 Å². The summed E-state index contributed by atoms with van der Waals surface area (Å²) in [5.74, 6) is 2.56. The lowest BCUT2D eigenvalue weighted by Crippen LogP contribution is -2.51. The standard InChI is InChI=1S/C36H50BrClO/c1-9-10-11-12-13-14-15-33(36(24(2)3,25(4)5)26(6)7)39-31-20-21-32-29(23-31)22-27(8)35(37)34(32)28-16-18-30(38)19-17-28/h16-26,33H,9-15H2,1-8H3. The van der Waals surface area contributed by atoms with Crippen LogP contribution < -0.4 is 4.74 Å². The van der Waals surface area contributed by atoms with Gasteiger partial charge in [0, 0.05) is 20.5 Å². The Morgan fingerprint density at radius 1 is 0.795 bits per heavy atom. The molecule has 39 heavy (non-hydrogen) atoms. The molecule has 0 spiro atoms. The first-order valence-electron chi connectivity index (χ1n) is 15.2. The van der Waals surface area contributed by atoms with E-state index in [4.69, 9.17) is 16.3 Å². The van der Waals surface area contributed by atoms with E-state index in [0.29, 0.717) is 17.8 Å².